The molecular weight excluding hydrogens is 226 g/mol. The number of fused-ring (bicyclic) bond motifs is 1. The largest absolute Gasteiger partial charge is 0.393 e. The summed E-state index contributed by atoms with van der Waals surface area (Å²) in [5.41, 5.74) is 2.20. The van der Waals surface area contributed by atoms with Crippen molar-refractivity contribution in [3.05, 3.63) is 24.3 Å². The number of aromatic nitrogens is 2. The molecule has 1 aromatic heterocycles. The minimum Gasteiger partial charge on any atom is -0.393 e. The molecule has 1 fully saturated rings. The van der Waals surface area contributed by atoms with Crippen LogP contribution in [-0.2, 0) is 7.05 Å². The van der Waals surface area contributed by atoms with Crippen LogP contribution in [0.1, 0.15) is 12.8 Å². The van der Waals surface area contributed by atoms with E-state index in [9.17, 15) is 5.11 Å². The summed E-state index contributed by atoms with van der Waals surface area (Å²) in [6.45, 7) is 0.966. The van der Waals surface area contributed by atoms with Crippen LogP contribution < -0.4 is 4.90 Å². The van der Waals surface area contributed by atoms with E-state index in [0.29, 0.717) is 5.92 Å². The van der Waals surface area contributed by atoms with Gasteiger partial charge in [-0.25, -0.2) is 4.98 Å². The number of rotatable bonds is 3. The first kappa shape index (κ1) is 11.5. The molecular formula is C14H19N3O. The Hall–Kier alpha value is -1.55. The van der Waals surface area contributed by atoms with Crippen molar-refractivity contribution in [2.75, 3.05) is 18.5 Å². The number of benzene rings is 1. The molecule has 0 amide bonds. The van der Waals surface area contributed by atoms with Gasteiger partial charge in [-0.1, -0.05) is 12.1 Å². The van der Waals surface area contributed by atoms with Gasteiger partial charge < -0.3 is 14.6 Å². The van der Waals surface area contributed by atoms with Gasteiger partial charge in [-0.2, -0.15) is 0 Å². The summed E-state index contributed by atoms with van der Waals surface area (Å²) in [6, 6.07) is 8.18. The van der Waals surface area contributed by atoms with E-state index in [1.165, 1.54) is 0 Å². The van der Waals surface area contributed by atoms with Crippen molar-refractivity contribution >= 4 is 17.0 Å². The van der Waals surface area contributed by atoms with Crippen LogP contribution in [-0.4, -0.2) is 34.4 Å². The lowest BCUT2D eigenvalue weighted by molar-refractivity contribution is 0.0463. The molecule has 0 atom stereocenters. The topological polar surface area (TPSA) is 41.3 Å². The summed E-state index contributed by atoms with van der Waals surface area (Å²) in [4.78, 5) is 6.86. The van der Waals surface area contributed by atoms with Gasteiger partial charge in [0, 0.05) is 20.6 Å². The molecule has 2 aromatic rings. The van der Waals surface area contributed by atoms with Crippen LogP contribution in [0, 0.1) is 5.92 Å². The van der Waals surface area contributed by atoms with Crippen molar-refractivity contribution < 1.29 is 5.11 Å². The number of imidazole rings is 1. The van der Waals surface area contributed by atoms with Crippen LogP contribution in [0.3, 0.4) is 0 Å². The molecule has 0 unspecified atom stereocenters. The molecule has 1 heterocycles. The lowest BCUT2D eigenvalue weighted by Crippen LogP contribution is -2.37. The first-order chi connectivity index (χ1) is 8.65. The van der Waals surface area contributed by atoms with E-state index < -0.39 is 0 Å². The summed E-state index contributed by atoms with van der Waals surface area (Å²) in [7, 11) is 4.13. The molecule has 1 saturated carbocycles. The zero-order chi connectivity index (χ0) is 12.7. The predicted octanol–water partition coefficient (Wildman–Crippen LogP) is 1.78. The number of aliphatic hydroxyl groups excluding tert-OH is 1. The van der Waals surface area contributed by atoms with Crippen LogP contribution in [0.2, 0.25) is 0 Å². The van der Waals surface area contributed by atoms with Gasteiger partial charge >= 0.3 is 0 Å². The molecule has 4 nitrogen and oxygen atoms in total. The molecule has 96 valence electrons. The van der Waals surface area contributed by atoms with E-state index in [4.69, 9.17) is 0 Å². The van der Waals surface area contributed by atoms with Crippen LogP contribution in [0.25, 0.3) is 11.0 Å². The number of anilines is 1. The summed E-state index contributed by atoms with van der Waals surface area (Å²) in [5, 5.41) is 9.33. The molecule has 1 aromatic carbocycles. The minimum atomic E-state index is -0.0798. The fraction of sp³-hybridized carbons (Fsp3) is 0.500. The molecule has 0 spiro atoms. The number of hydrogen-bond acceptors (Lipinski definition) is 3. The molecule has 1 N–H and O–H groups in total. The Kier molecular flexibility index (Phi) is 2.74. The van der Waals surface area contributed by atoms with E-state index in [1.807, 2.05) is 18.2 Å². The highest BCUT2D eigenvalue weighted by atomic mass is 16.3. The molecule has 1 aliphatic rings. The summed E-state index contributed by atoms with van der Waals surface area (Å²) >= 11 is 0. The van der Waals surface area contributed by atoms with Gasteiger partial charge in [-0.3, -0.25) is 0 Å². The fourth-order valence-electron chi connectivity index (χ4n) is 2.79. The predicted molar refractivity (Wildman–Crippen MR) is 72.7 cm³/mol. The monoisotopic (exact) mass is 245 g/mol. The van der Waals surface area contributed by atoms with Gasteiger partial charge in [-0.05, 0) is 30.9 Å². The van der Waals surface area contributed by atoms with Gasteiger partial charge in [0.25, 0.3) is 0 Å². The number of hydrogen-bond donors (Lipinski definition) is 1. The zero-order valence-corrected chi connectivity index (χ0v) is 10.9. The molecule has 4 heteroatoms. The maximum absolute atomic E-state index is 9.33. The van der Waals surface area contributed by atoms with Crippen molar-refractivity contribution in [2.24, 2.45) is 13.0 Å². The normalized spacial score (nSPS) is 23.1. The van der Waals surface area contributed by atoms with Crippen LogP contribution in [0.5, 0.6) is 0 Å². The molecule has 1 aliphatic carbocycles. The van der Waals surface area contributed by atoms with E-state index in [0.717, 1.165) is 36.4 Å². The number of aliphatic hydroxyl groups is 1. The SMILES string of the molecule is CN(CC1CC(O)C1)c1nc2ccccc2n1C. The lowest BCUT2D eigenvalue weighted by atomic mass is 9.82. The van der Waals surface area contributed by atoms with Crippen LogP contribution in [0.4, 0.5) is 5.95 Å². The highest BCUT2D eigenvalue weighted by Crippen LogP contribution is 2.29. The van der Waals surface area contributed by atoms with Crippen molar-refractivity contribution in [3.63, 3.8) is 0 Å². The van der Waals surface area contributed by atoms with Crippen LogP contribution >= 0.6 is 0 Å². The first-order valence-corrected chi connectivity index (χ1v) is 6.46. The summed E-state index contributed by atoms with van der Waals surface area (Å²) < 4.78 is 2.13. The smallest absolute Gasteiger partial charge is 0.206 e. The standard InChI is InChI=1S/C14H19N3O/c1-16(9-10-7-11(18)8-10)14-15-12-5-3-4-6-13(12)17(14)2/h3-6,10-11,18H,7-9H2,1-2H3. The molecule has 3 rings (SSSR count). The van der Waals surface area contributed by atoms with Gasteiger partial charge in [0.1, 0.15) is 0 Å². The molecule has 0 radical (unpaired) electrons. The second-order valence-electron chi connectivity index (χ2n) is 5.33. The second kappa shape index (κ2) is 4.28. The van der Waals surface area contributed by atoms with Crippen molar-refractivity contribution in [1.29, 1.82) is 0 Å². The Labute approximate surface area is 107 Å². The maximum atomic E-state index is 9.33. The van der Waals surface area contributed by atoms with E-state index in [2.05, 4.69) is 34.6 Å². The summed E-state index contributed by atoms with van der Waals surface area (Å²) in [6.07, 6.45) is 1.77. The van der Waals surface area contributed by atoms with Crippen molar-refractivity contribution in [3.8, 4) is 0 Å². The van der Waals surface area contributed by atoms with Crippen molar-refractivity contribution in [2.45, 2.75) is 18.9 Å². The quantitative estimate of drug-likeness (QED) is 0.896. The van der Waals surface area contributed by atoms with E-state index >= 15 is 0 Å². The van der Waals surface area contributed by atoms with Gasteiger partial charge in [0.15, 0.2) is 0 Å². The van der Waals surface area contributed by atoms with Gasteiger partial charge in [0.05, 0.1) is 17.1 Å². The maximum Gasteiger partial charge on any atom is 0.206 e. The van der Waals surface area contributed by atoms with E-state index in [-0.39, 0.29) is 6.10 Å². The third-order valence-corrected chi connectivity index (χ3v) is 3.85. The lowest BCUT2D eigenvalue weighted by Gasteiger charge is -2.34. The average molecular weight is 245 g/mol. The Balaban J connectivity index is 1.82. The second-order valence-corrected chi connectivity index (χ2v) is 5.33. The molecule has 0 aliphatic heterocycles. The number of para-hydroxylation sites is 2. The Bertz CT molecular complexity index is 557. The number of aryl methyl sites for hydroxylation is 1. The highest BCUT2D eigenvalue weighted by molar-refractivity contribution is 5.78. The fourth-order valence-corrected chi connectivity index (χ4v) is 2.79. The molecule has 0 bridgehead atoms. The average Bonchev–Trinajstić information content (AvgIpc) is 2.66. The Morgan fingerprint density at radius 1 is 1.39 bits per heavy atom. The van der Waals surface area contributed by atoms with Gasteiger partial charge in [-0.15, -0.1) is 0 Å². The van der Waals surface area contributed by atoms with Crippen molar-refractivity contribution in [1.82, 2.24) is 9.55 Å². The van der Waals surface area contributed by atoms with Gasteiger partial charge in [0.2, 0.25) is 5.95 Å². The Morgan fingerprint density at radius 3 is 2.78 bits per heavy atom. The zero-order valence-electron chi connectivity index (χ0n) is 10.9. The molecule has 0 saturated heterocycles. The first-order valence-electron chi connectivity index (χ1n) is 6.46. The third-order valence-electron chi connectivity index (χ3n) is 3.85. The number of nitrogens with zero attached hydrogens (tertiary/aromatic N) is 3. The molecule has 18 heavy (non-hydrogen) atoms. The van der Waals surface area contributed by atoms with E-state index in [1.54, 1.807) is 0 Å². The Morgan fingerprint density at radius 2 is 2.11 bits per heavy atom. The highest BCUT2D eigenvalue weighted by Gasteiger charge is 2.28. The third kappa shape index (κ3) is 1.86. The van der Waals surface area contributed by atoms with Crippen LogP contribution in [0.15, 0.2) is 24.3 Å². The minimum absolute atomic E-state index is 0.0798. The summed E-state index contributed by atoms with van der Waals surface area (Å²) in [5.74, 6) is 1.60.